The minimum absolute atomic E-state index is 0. The Hall–Kier alpha value is -1.24. The van der Waals surface area contributed by atoms with Crippen molar-refractivity contribution in [1.82, 2.24) is 35.7 Å². The van der Waals surface area contributed by atoms with Crippen molar-refractivity contribution < 1.29 is 106 Å². The first-order valence-electron chi connectivity index (χ1n) is 5.74. The van der Waals surface area contributed by atoms with Gasteiger partial charge in [0.25, 0.3) is 0 Å². The molecular formula is C7H20F15N6O5P2RuS. The SMILES string of the molecule is F[P-](F)(F)(F)(F)F.F[P-](F)(F)(F)(F)F.N.N.N.N.N.O=C(O)c1cccnc1.O=S(=O)([O-])C(F)(F)F.[Ru+3]. The molecule has 237 valence electrons. The number of hydrogen-bond acceptors (Lipinski definition) is 10. The van der Waals surface area contributed by atoms with Crippen molar-refractivity contribution in [2.45, 2.75) is 5.51 Å². The Morgan fingerprint density at radius 3 is 1.08 bits per heavy atom. The van der Waals surface area contributed by atoms with Crippen LogP contribution in [0.25, 0.3) is 0 Å². The largest absolute Gasteiger partial charge is 3.00 e. The Bertz CT molecular complexity index is 816. The minimum atomic E-state index is -10.7. The summed E-state index contributed by atoms with van der Waals surface area (Å²) >= 11 is 0. The molecule has 1 radical (unpaired) electrons. The molecule has 0 saturated heterocycles. The quantitative estimate of drug-likeness (QED) is 0.0521. The van der Waals surface area contributed by atoms with E-state index in [2.05, 4.69) is 4.98 Å². The number of pyridine rings is 1. The summed E-state index contributed by atoms with van der Waals surface area (Å²) in [4.78, 5) is 13.8. The maximum Gasteiger partial charge on any atom is 3.00 e. The number of rotatable bonds is 1. The van der Waals surface area contributed by atoms with Crippen molar-refractivity contribution in [3.63, 3.8) is 0 Å². The first-order chi connectivity index (χ1) is 12.5. The Labute approximate surface area is 209 Å². The molecule has 0 atom stereocenters. The van der Waals surface area contributed by atoms with Crippen LogP contribution in [0.4, 0.5) is 63.5 Å². The van der Waals surface area contributed by atoms with Crippen LogP contribution in [0.3, 0.4) is 0 Å². The second-order valence-electron chi connectivity index (χ2n) is 4.36. The van der Waals surface area contributed by atoms with E-state index in [-0.39, 0.29) is 55.8 Å². The average molecular weight is 748 g/mol. The topological polar surface area (TPSA) is 282 Å². The van der Waals surface area contributed by atoms with Crippen LogP contribution in [-0.4, -0.2) is 34.5 Å². The third-order valence-electron chi connectivity index (χ3n) is 1.19. The van der Waals surface area contributed by atoms with Gasteiger partial charge >= 0.3 is 96.9 Å². The fourth-order valence-corrected chi connectivity index (χ4v) is 0.489. The van der Waals surface area contributed by atoms with Gasteiger partial charge in [-0.15, -0.1) is 0 Å². The number of hydrogen-bond donors (Lipinski definition) is 6. The summed E-state index contributed by atoms with van der Waals surface area (Å²) in [5, 5.41) is 8.34. The Morgan fingerprint density at radius 2 is 1.00 bits per heavy atom. The standard InChI is InChI=1S/C6H5NO2.CHF3O3S.2F6P.5H3N.Ru/c8-6(9)5-2-1-3-7-4-5;2-1(3,4)8(5,6)7;2*1-7(2,3,4,5)6;;;;;;/h1-4H,(H,8,9);(H,5,6,7);;;5*1H3;/q;;2*-1;;;;;;+3/p-1. The first-order valence-corrected chi connectivity index (χ1v) is 11.2. The zero-order chi connectivity index (χ0) is 26.5. The number of carbonyl (C=O) groups is 1. The van der Waals surface area contributed by atoms with Gasteiger partial charge in [-0.25, -0.2) is 13.2 Å². The average Bonchev–Trinajstić information content (AvgIpc) is 2.30. The van der Waals surface area contributed by atoms with Crippen LogP contribution in [0.15, 0.2) is 24.5 Å². The fourth-order valence-electron chi connectivity index (χ4n) is 0.489. The molecule has 1 heterocycles. The molecule has 1 rings (SSSR count). The van der Waals surface area contributed by atoms with Gasteiger partial charge in [0.1, 0.15) is 0 Å². The monoisotopic (exact) mass is 749 g/mol. The Balaban J connectivity index is -0.0000000385. The van der Waals surface area contributed by atoms with Crippen LogP contribution >= 0.6 is 15.6 Å². The molecule has 30 heteroatoms. The van der Waals surface area contributed by atoms with Gasteiger partial charge in [0.2, 0.25) is 0 Å². The molecule has 0 saturated carbocycles. The van der Waals surface area contributed by atoms with Crippen molar-refractivity contribution in [3.05, 3.63) is 30.1 Å². The number of nitrogens with zero attached hydrogens (tertiary/aromatic N) is 1. The third-order valence-corrected chi connectivity index (χ3v) is 1.76. The van der Waals surface area contributed by atoms with E-state index in [1.165, 1.54) is 18.5 Å². The van der Waals surface area contributed by atoms with E-state index in [0.717, 1.165) is 0 Å². The predicted molar refractivity (Wildman–Crippen MR) is 99.2 cm³/mol. The number of aromatic carboxylic acids is 1. The molecule has 11 nitrogen and oxygen atoms in total. The Kier molecular flexibility index (Phi) is 24.1. The van der Waals surface area contributed by atoms with Gasteiger partial charge in [-0.2, -0.15) is 13.2 Å². The zero-order valence-electron chi connectivity index (χ0n) is 17.2. The molecule has 0 aliphatic rings. The van der Waals surface area contributed by atoms with Crippen LogP contribution in [0, 0.1) is 0 Å². The molecule has 0 fully saturated rings. The van der Waals surface area contributed by atoms with E-state index < -0.39 is 37.2 Å². The molecule has 1 aromatic heterocycles. The molecule has 16 N–H and O–H groups in total. The summed E-state index contributed by atoms with van der Waals surface area (Å²) in [6, 6.07) is 3.08. The summed E-state index contributed by atoms with van der Waals surface area (Å²) in [5.74, 6) is -0.942. The number of halogens is 15. The molecule has 0 aliphatic carbocycles. The molecular weight excluding hydrogens is 728 g/mol. The van der Waals surface area contributed by atoms with E-state index in [1.807, 2.05) is 0 Å². The second kappa shape index (κ2) is 14.8. The van der Waals surface area contributed by atoms with Gasteiger partial charge < -0.3 is 40.4 Å². The number of aromatic nitrogens is 1. The van der Waals surface area contributed by atoms with Crippen LogP contribution in [0.2, 0.25) is 0 Å². The molecule has 37 heavy (non-hydrogen) atoms. The number of carboxylic acids is 1. The maximum atomic E-state index is 10.7. The van der Waals surface area contributed by atoms with Crippen LogP contribution in [0.1, 0.15) is 10.4 Å². The zero-order valence-corrected chi connectivity index (χ0v) is 21.5. The fraction of sp³-hybridized carbons (Fsp3) is 0.143. The molecule has 0 aromatic carbocycles. The van der Waals surface area contributed by atoms with E-state index in [0.29, 0.717) is 0 Å². The molecule has 0 bridgehead atoms. The van der Waals surface area contributed by atoms with Gasteiger partial charge in [0.15, 0.2) is 10.1 Å². The van der Waals surface area contributed by atoms with Crippen LogP contribution in [0.5, 0.6) is 0 Å². The second-order valence-corrected chi connectivity index (χ2v) is 9.57. The van der Waals surface area contributed by atoms with Crippen molar-refractivity contribution in [3.8, 4) is 0 Å². The third kappa shape index (κ3) is 95.5. The van der Waals surface area contributed by atoms with Crippen molar-refractivity contribution in [2.75, 3.05) is 0 Å². The number of alkyl halides is 3. The first kappa shape index (κ1) is 60.3. The van der Waals surface area contributed by atoms with E-state index >= 15 is 0 Å². The summed E-state index contributed by atoms with van der Waals surface area (Å²) in [7, 11) is -27.4. The van der Waals surface area contributed by atoms with Crippen LogP contribution in [-0.2, 0) is 29.6 Å². The summed E-state index contributed by atoms with van der Waals surface area (Å²) < 4.78 is 177. The maximum absolute atomic E-state index is 10.7. The van der Waals surface area contributed by atoms with E-state index in [9.17, 15) is 68.3 Å². The predicted octanol–water partition coefficient (Wildman–Crippen LogP) is 8.40. The van der Waals surface area contributed by atoms with Crippen molar-refractivity contribution in [2.24, 2.45) is 0 Å². The van der Waals surface area contributed by atoms with Gasteiger partial charge in [0, 0.05) is 12.4 Å². The summed E-state index contributed by atoms with van der Waals surface area (Å²) in [6.45, 7) is 0. The summed E-state index contributed by atoms with van der Waals surface area (Å²) in [6.07, 6.45) is 2.84. The minimum Gasteiger partial charge on any atom is -0.741 e. The molecule has 0 spiro atoms. The Morgan fingerprint density at radius 1 is 0.784 bits per heavy atom. The van der Waals surface area contributed by atoms with Crippen LogP contribution < -0.4 is 30.8 Å². The van der Waals surface area contributed by atoms with E-state index in [4.69, 9.17) is 18.1 Å². The smallest absolute Gasteiger partial charge is 0.741 e. The van der Waals surface area contributed by atoms with E-state index in [1.54, 1.807) is 6.07 Å². The number of carboxylic acid groups (broad SMARTS) is 1. The van der Waals surface area contributed by atoms with Crippen molar-refractivity contribution in [1.29, 1.82) is 0 Å². The van der Waals surface area contributed by atoms with Crippen molar-refractivity contribution >= 4 is 31.7 Å². The van der Waals surface area contributed by atoms with Gasteiger partial charge in [-0.3, -0.25) is 4.98 Å². The van der Waals surface area contributed by atoms with Gasteiger partial charge in [-0.05, 0) is 12.1 Å². The van der Waals surface area contributed by atoms with Gasteiger partial charge in [0.05, 0.1) is 5.56 Å². The molecule has 0 aliphatic heterocycles. The summed E-state index contributed by atoms with van der Waals surface area (Å²) in [5.41, 5.74) is -5.43. The molecule has 0 amide bonds. The molecule has 1 aromatic rings. The van der Waals surface area contributed by atoms with Gasteiger partial charge in [-0.1, -0.05) is 0 Å². The normalized spacial score (nSPS) is 13.9. The molecule has 0 unspecified atom stereocenters.